The van der Waals surface area contributed by atoms with Crippen LogP contribution in [0.3, 0.4) is 0 Å². The van der Waals surface area contributed by atoms with Crippen molar-refractivity contribution in [2.45, 2.75) is 26.2 Å². The first-order chi connectivity index (χ1) is 10.9. The number of nitrogens with one attached hydrogen (secondary N) is 1. The molecule has 0 saturated carbocycles. The Bertz CT molecular complexity index is 708. The van der Waals surface area contributed by atoms with Crippen LogP contribution >= 0.6 is 0 Å². The van der Waals surface area contributed by atoms with Crippen LogP contribution in [0.25, 0.3) is 0 Å². The molecular formula is C19H23NO3. The van der Waals surface area contributed by atoms with Gasteiger partial charge in [0, 0.05) is 5.69 Å². The molecule has 4 heteroatoms. The third kappa shape index (κ3) is 3.65. The van der Waals surface area contributed by atoms with Crippen LogP contribution in [0, 0.1) is 6.92 Å². The molecule has 23 heavy (non-hydrogen) atoms. The second kappa shape index (κ2) is 6.73. The molecule has 2 rings (SSSR count). The van der Waals surface area contributed by atoms with Gasteiger partial charge in [-0.25, -0.2) is 0 Å². The topological polar surface area (TPSA) is 47.6 Å². The molecule has 0 fully saturated rings. The summed E-state index contributed by atoms with van der Waals surface area (Å²) in [5.41, 5.74) is 2.05. The fourth-order valence-corrected chi connectivity index (χ4v) is 2.37. The number of rotatable bonds is 5. The lowest BCUT2D eigenvalue weighted by molar-refractivity contribution is -0.120. The maximum atomic E-state index is 12.7. The molecule has 122 valence electrons. The van der Waals surface area contributed by atoms with Crippen LogP contribution in [0.1, 0.15) is 25.0 Å². The number of ether oxygens (including phenoxy) is 2. The van der Waals surface area contributed by atoms with E-state index in [9.17, 15) is 4.79 Å². The molecule has 1 N–H and O–H groups in total. The second-order valence-corrected chi connectivity index (χ2v) is 6.02. The van der Waals surface area contributed by atoms with Gasteiger partial charge in [-0.2, -0.15) is 0 Å². The van der Waals surface area contributed by atoms with E-state index in [0.717, 1.165) is 16.8 Å². The van der Waals surface area contributed by atoms with Crippen molar-refractivity contribution in [2.75, 3.05) is 19.5 Å². The van der Waals surface area contributed by atoms with Gasteiger partial charge in [-0.05, 0) is 56.2 Å². The van der Waals surface area contributed by atoms with E-state index in [-0.39, 0.29) is 5.91 Å². The van der Waals surface area contributed by atoms with E-state index in [1.54, 1.807) is 14.2 Å². The summed E-state index contributed by atoms with van der Waals surface area (Å²) >= 11 is 0. The highest BCUT2D eigenvalue weighted by Gasteiger charge is 2.30. The molecule has 0 atom stereocenters. The maximum Gasteiger partial charge on any atom is 0.234 e. The Morgan fingerprint density at radius 1 is 1.00 bits per heavy atom. The van der Waals surface area contributed by atoms with Crippen LogP contribution in [-0.4, -0.2) is 20.1 Å². The molecule has 2 aromatic carbocycles. The van der Waals surface area contributed by atoms with Crippen LogP contribution < -0.4 is 14.8 Å². The normalized spacial score (nSPS) is 11.0. The zero-order chi connectivity index (χ0) is 17.0. The number of carbonyl (C=O) groups excluding carboxylic acids is 1. The molecule has 0 aliphatic heterocycles. The van der Waals surface area contributed by atoms with Gasteiger partial charge in [0.05, 0.1) is 19.6 Å². The largest absolute Gasteiger partial charge is 0.493 e. The van der Waals surface area contributed by atoms with Crippen LogP contribution in [-0.2, 0) is 10.2 Å². The standard InChI is InChI=1S/C19H23NO3/c1-13-7-6-8-15(11-13)20-18(21)19(2,3)14-9-10-16(22-4)17(12-14)23-5/h6-12H,1-5H3,(H,20,21). The molecule has 0 radical (unpaired) electrons. The van der Waals surface area contributed by atoms with Crippen molar-refractivity contribution < 1.29 is 14.3 Å². The number of carbonyl (C=O) groups is 1. The minimum Gasteiger partial charge on any atom is -0.493 e. The molecule has 2 aromatic rings. The highest BCUT2D eigenvalue weighted by atomic mass is 16.5. The van der Waals surface area contributed by atoms with Gasteiger partial charge in [0.2, 0.25) is 5.91 Å². The molecule has 0 aromatic heterocycles. The van der Waals surface area contributed by atoms with Gasteiger partial charge in [-0.3, -0.25) is 4.79 Å². The van der Waals surface area contributed by atoms with Gasteiger partial charge in [0.25, 0.3) is 0 Å². The van der Waals surface area contributed by atoms with Crippen molar-refractivity contribution in [3.63, 3.8) is 0 Å². The molecule has 0 bridgehead atoms. The lowest BCUT2D eigenvalue weighted by Crippen LogP contribution is -2.34. The first-order valence-corrected chi connectivity index (χ1v) is 7.49. The number of methoxy groups -OCH3 is 2. The molecule has 1 amide bonds. The lowest BCUT2D eigenvalue weighted by atomic mass is 9.83. The summed E-state index contributed by atoms with van der Waals surface area (Å²) in [6.45, 7) is 5.77. The van der Waals surface area contributed by atoms with E-state index in [1.165, 1.54) is 0 Å². The Labute approximate surface area is 137 Å². The number of anilines is 1. The number of benzene rings is 2. The van der Waals surface area contributed by atoms with Crippen LogP contribution in [0.5, 0.6) is 11.5 Å². The monoisotopic (exact) mass is 313 g/mol. The van der Waals surface area contributed by atoms with Crippen molar-refractivity contribution in [1.29, 1.82) is 0 Å². The minimum absolute atomic E-state index is 0.0738. The van der Waals surface area contributed by atoms with Crippen LogP contribution in [0.2, 0.25) is 0 Å². The molecule has 4 nitrogen and oxygen atoms in total. The maximum absolute atomic E-state index is 12.7. The lowest BCUT2D eigenvalue weighted by Gasteiger charge is -2.25. The Morgan fingerprint density at radius 2 is 1.70 bits per heavy atom. The molecule has 0 aliphatic rings. The van der Waals surface area contributed by atoms with E-state index >= 15 is 0 Å². The van der Waals surface area contributed by atoms with Gasteiger partial charge < -0.3 is 14.8 Å². The van der Waals surface area contributed by atoms with Gasteiger partial charge >= 0.3 is 0 Å². The molecular weight excluding hydrogens is 290 g/mol. The predicted octanol–water partition coefficient (Wildman–Crippen LogP) is 3.93. The van der Waals surface area contributed by atoms with E-state index in [0.29, 0.717) is 11.5 Å². The van der Waals surface area contributed by atoms with E-state index in [2.05, 4.69) is 5.32 Å². The van der Waals surface area contributed by atoms with E-state index in [1.807, 2.05) is 63.2 Å². The van der Waals surface area contributed by atoms with Gasteiger partial charge in [0.15, 0.2) is 11.5 Å². The number of aryl methyl sites for hydroxylation is 1. The Kier molecular flexibility index (Phi) is 4.94. The summed E-state index contributed by atoms with van der Waals surface area (Å²) in [5.74, 6) is 1.18. The summed E-state index contributed by atoms with van der Waals surface area (Å²) in [5, 5.41) is 2.98. The zero-order valence-corrected chi connectivity index (χ0v) is 14.3. The first-order valence-electron chi connectivity index (χ1n) is 7.49. The minimum atomic E-state index is -0.705. The summed E-state index contributed by atoms with van der Waals surface area (Å²) in [7, 11) is 3.18. The Balaban J connectivity index is 2.28. The fraction of sp³-hybridized carbons (Fsp3) is 0.316. The van der Waals surface area contributed by atoms with Crippen LogP contribution in [0.15, 0.2) is 42.5 Å². The molecule has 0 heterocycles. The summed E-state index contributed by atoms with van der Waals surface area (Å²) < 4.78 is 10.6. The summed E-state index contributed by atoms with van der Waals surface area (Å²) in [6.07, 6.45) is 0. The van der Waals surface area contributed by atoms with E-state index < -0.39 is 5.41 Å². The van der Waals surface area contributed by atoms with Gasteiger partial charge in [-0.15, -0.1) is 0 Å². The first kappa shape index (κ1) is 16.9. The SMILES string of the molecule is COc1ccc(C(C)(C)C(=O)Nc2cccc(C)c2)cc1OC. The third-order valence-corrected chi connectivity index (χ3v) is 3.95. The quantitative estimate of drug-likeness (QED) is 0.910. The smallest absolute Gasteiger partial charge is 0.234 e. The van der Waals surface area contributed by atoms with Crippen molar-refractivity contribution in [3.8, 4) is 11.5 Å². The highest BCUT2D eigenvalue weighted by Crippen LogP contribution is 2.33. The summed E-state index contributed by atoms with van der Waals surface area (Å²) in [4.78, 5) is 12.7. The van der Waals surface area contributed by atoms with Crippen molar-refractivity contribution in [3.05, 3.63) is 53.6 Å². The Morgan fingerprint density at radius 3 is 2.30 bits per heavy atom. The average molecular weight is 313 g/mol. The van der Waals surface area contributed by atoms with Crippen molar-refractivity contribution in [1.82, 2.24) is 0 Å². The third-order valence-electron chi connectivity index (χ3n) is 3.95. The van der Waals surface area contributed by atoms with Gasteiger partial charge in [-0.1, -0.05) is 18.2 Å². The van der Waals surface area contributed by atoms with E-state index in [4.69, 9.17) is 9.47 Å². The molecule has 0 saturated heterocycles. The molecule has 0 unspecified atom stereocenters. The van der Waals surface area contributed by atoms with Crippen LogP contribution in [0.4, 0.5) is 5.69 Å². The van der Waals surface area contributed by atoms with Crippen molar-refractivity contribution in [2.24, 2.45) is 0 Å². The van der Waals surface area contributed by atoms with Gasteiger partial charge in [0.1, 0.15) is 0 Å². The Hall–Kier alpha value is -2.49. The number of hydrogen-bond acceptors (Lipinski definition) is 3. The fourth-order valence-electron chi connectivity index (χ4n) is 2.37. The summed E-state index contributed by atoms with van der Waals surface area (Å²) in [6, 6.07) is 13.3. The number of hydrogen-bond donors (Lipinski definition) is 1. The average Bonchev–Trinajstić information content (AvgIpc) is 2.54. The number of amides is 1. The van der Waals surface area contributed by atoms with Crippen molar-refractivity contribution >= 4 is 11.6 Å². The molecule has 0 aliphatic carbocycles. The predicted molar refractivity (Wildman–Crippen MR) is 92.4 cm³/mol. The molecule has 0 spiro atoms. The second-order valence-electron chi connectivity index (χ2n) is 6.02. The zero-order valence-electron chi connectivity index (χ0n) is 14.3. The highest BCUT2D eigenvalue weighted by molar-refractivity contribution is 5.98.